The molecule has 1 N–H and O–H groups in total. The van der Waals surface area contributed by atoms with Gasteiger partial charge in [-0.05, 0) is 44.7 Å². The Morgan fingerprint density at radius 1 is 0.962 bits per heavy atom. The van der Waals surface area contributed by atoms with Crippen LogP contribution < -0.4 is 10.1 Å². The van der Waals surface area contributed by atoms with E-state index in [0.717, 1.165) is 42.4 Å². The van der Waals surface area contributed by atoms with Crippen molar-refractivity contribution in [3.63, 3.8) is 0 Å². The van der Waals surface area contributed by atoms with E-state index in [1.54, 1.807) is 0 Å². The second kappa shape index (κ2) is 10.2. The van der Waals surface area contributed by atoms with Crippen molar-refractivity contribution >= 4 is 11.9 Å². The zero-order valence-corrected chi connectivity index (χ0v) is 16.2. The molecule has 0 saturated heterocycles. The smallest absolute Gasteiger partial charge is 0.344 e. The highest BCUT2D eigenvalue weighted by Gasteiger charge is 2.16. The highest BCUT2D eigenvalue weighted by Crippen LogP contribution is 2.24. The Labute approximate surface area is 156 Å². The van der Waals surface area contributed by atoms with Gasteiger partial charge >= 0.3 is 5.97 Å². The summed E-state index contributed by atoms with van der Waals surface area (Å²) in [4.78, 5) is 23.9. The average Bonchev–Trinajstić information content (AvgIpc) is 2.54. The zero-order chi connectivity index (χ0) is 18.9. The van der Waals surface area contributed by atoms with E-state index in [1.807, 2.05) is 32.9 Å². The molecule has 5 nitrogen and oxygen atoms in total. The van der Waals surface area contributed by atoms with Crippen LogP contribution in [0.25, 0.3) is 0 Å². The van der Waals surface area contributed by atoms with Gasteiger partial charge in [-0.2, -0.15) is 0 Å². The third kappa shape index (κ3) is 6.70. The maximum absolute atomic E-state index is 12.0. The SMILES string of the molecule is Cc1cc(C)c(OCC(=O)OCC(=O)NC2CCCCCCC2)c(C)c1. The lowest BCUT2D eigenvalue weighted by Gasteiger charge is -2.21. The van der Waals surface area contributed by atoms with Crippen molar-refractivity contribution in [3.8, 4) is 5.75 Å². The summed E-state index contributed by atoms with van der Waals surface area (Å²) in [6, 6.07) is 4.22. The summed E-state index contributed by atoms with van der Waals surface area (Å²) >= 11 is 0. The van der Waals surface area contributed by atoms with Crippen molar-refractivity contribution in [2.75, 3.05) is 13.2 Å². The van der Waals surface area contributed by atoms with Crippen LogP contribution in [-0.2, 0) is 14.3 Å². The summed E-state index contributed by atoms with van der Waals surface area (Å²) in [6.07, 6.45) is 8.07. The molecule has 0 heterocycles. The third-order valence-corrected chi connectivity index (χ3v) is 4.77. The Morgan fingerprint density at radius 3 is 2.15 bits per heavy atom. The van der Waals surface area contributed by atoms with E-state index in [4.69, 9.17) is 9.47 Å². The van der Waals surface area contributed by atoms with E-state index in [2.05, 4.69) is 5.32 Å². The fourth-order valence-electron chi connectivity index (χ4n) is 3.58. The molecule has 1 aromatic carbocycles. The molecule has 1 saturated carbocycles. The zero-order valence-electron chi connectivity index (χ0n) is 16.2. The van der Waals surface area contributed by atoms with Crippen molar-refractivity contribution in [1.82, 2.24) is 5.32 Å². The van der Waals surface area contributed by atoms with Gasteiger partial charge in [0.05, 0.1) is 0 Å². The maximum Gasteiger partial charge on any atom is 0.344 e. The number of aryl methyl sites for hydroxylation is 3. The molecule has 1 fully saturated rings. The third-order valence-electron chi connectivity index (χ3n) is 4.77. The molecule has 5 heteroatoms. The normalized spacial score (nSPS) is 15.7. The van der Waals surface area contributed by atoms with Crippen LogP contribution in [0, 0.1) is 20.8 Å². The Balaban J connectivity index is 1.72. The topological polar surface area (TPSA) is 64.6 Å². The molecule has 0 atom stereocenters. The van der Waals surface area contributed by atoms with Crippen LogP contribution in [0.1, 0.15) is 61.6 Å². The molecule has 0 spiro atoms. The van der Waals surface area contributed by atoms with Gasteiger partial charge in [0.25, 0.3) is 5.91 Å². The number of carbonyl (C=O) groups excluding carboxylic acids is 2. The Bertz CT molecular complexity index is 595. The Hall–Kier alpha value is -2.04. The second-order valence-corrected chi connectivity index (χ2v) is 7.29. The fourth-order valence-corrected chi connectivity index (χ4v) is 3.58. The largest absolute Gasteiger partial charge is 0.481 e. The van der Waals surface area contributed by atoms with E-state index >= 15 is 0 Å². The lowest BCUT2D eigenvalue weighted by Crippen LogP contribution is -2.38. The van der Waals surface area contributed by atoms with Crippen LogP contribution in [0.5, 0.6) is 5.75 Å². The van der Waals surface area contributed by atoms with Gasteiger partial charge in [0.2, 0.25) is 0 Å². The summed E-state index contributed by atoms with van der Waals surface area (Å²) in [7, 11) is 0. The molecule has 2 rings (SSSR count). The number of nitrogens with one attached hydrogen (secondary N) is 1. The number of hydrogen-bond acceptors (Lipinski definition) is 4. The van der Waals surface area contributed by atoms with Crippen LogP contribution in [0.4, 0.5) is 0 Å². The summed E-state index contributed by atoms with van der Waals surface area (Å²) in [5.41, 5.74) is 3.12. The van der Waals surface area contributed by atoms with Gasteiger partial charge in [0.1, 0.15) is 5.75 Å². The van der Waals surface area contributed by atoms with Gasteiger partial charge < -0.3 is 14.8 Å². The lowest BCUT2D eigenvalue weighted by atomic mass is 9.97. The number of rotatable bonds is 6. The van der Waals surface area contributed by atoms with Crippen LogP contribution in [0.3, 0.4) is 0 Å². The van der Waals surface area contributed by atoms with Crippen LogP contribution in [0.2, 0.25) is 0 Å². The number of esters is 1. The van der Waals surface area contributed by atoms with Crippen molar-refractivity contribution in [2.45, 2.75) is 71.8 Å². The number of carbonyl (C=O) groups is 2. The van der Waals surface area contributed by atoms with Crippen molar-refractivity contribution in [3.05, 3.63) is 28.8 Å². The molecule has 1 aliphatic carbocycles. The number of ether oxygens (including phenoxy) is 2. The quantitative estimate of drug-likeness (QED) is 0.784. The summed E-state index contributed by atoms with van der Waals surface area (Å²) in [5, 5.41) is 2.98. The Kier molecular flexibility index (Phi) is 7.95. The Morgan fingerprint density at radius 2 is 1.54 bits per heavy atom. The lowest BCUT2D eigenvalue weighted by molar-refractivity contribution is -0.150. The fraction of sp³-hybridized carbons (Fsp3) is 0.619. The molecule has 0 aliphatic heterocycles. The molecular weight excluding hydrogens is 330 g/mol. The molecule has 0 radical (unpaired) electrons. The van der Waals surface area contributed by atoms with Gasteiger partial charge in [0.15, 0.2) is 13.2 Å². The monoisotopic (exact) mass is 361 g/mol. The number of hydrogen-bond donors (Lipinski definition) is 1. The van der Waals surface area contributed by atoms with Crippen molar-refractivity contribution in [2.24, 2.45) is 0 Å². The van der Waals surface area contributed by atoms with Gasteiger partial charge in [-0.15, -0.1) is 0 Å². The first kappa shape index (κ1) is 20.3. The van der Waals surface area contributed by atoms with Crippen molar-refractivity contribution in [1.29, 1.82) is 0 Å². The van der Waals surface area contributed by atoms with Gasteiger partial charge in [-0.1, -0.05) is 49.8 Å². The van der Waals surface area contributed by atoms with Crippen LogP contribution in [0.15, 0.2) is 12.1 Å². The molecule has 0 bridgehead atoms. The number of amides is 1. The first-order chi connectivity index (χ1) is 12.5. The second-order valence-electron chi connectivity index (χ2n) is 7.29. The van der Waals surface area contributed by atoms with Gasteiger partial charge in [-0.25, -0.2) is 4.79 Å². The molecule has 0 unspecified atom stereocenters. The van der Waals surface area contributed by atoms with Gasteiger partial charge in [0, 0.05) is 6.04 Å². The van der Waals surface area contributed by atoms with Crippen LogP contribution in [-0.4, -0.2) is 31.1 Å². The molecular formula is C21H31NO4. The molecule has 26 heavy (non-hydrogen) atoms. The predicted octanol–water partition coefficient (Wildman–Crippen LogP) is 3.76. The minimum Gasteiger partial charge on any atom is -0.481 e. The average molecular weight is 361 g/mol. The standard InChI is InChI=1S/C21H31NO4/c1-15-11-16(2)21(17(3)12-15)26-14-20(24)25-13-19(23)22-18-9-7-5-4-6-8-10-18/h11-12,18H,4-10,13-14H2,1-3H3,(H,22,23). The molecule has 144 valence electrons. The van der Waals surface area contributed by atoms with E-state index in [-0.39, 0.29) is 25.2 Å². The van der Waals surface area contributed by atoms with Gasteiger partial charge in [-0.3, -0.25) is 4.79 Å². The summed E-state index contributed by atoms with van der Waals surface area (Å²) in [5.74, 6) is -0.0599. The highest BCUT2D eigenvalue weighted by atomic mass is 16.6. The first-order valence-corrected chi connectivity index (χ1v) is 9.61. The summed E-state index contributed by atoms with van der Waals surface area (Å²) < 4.78 is 10.6. The molecule has 1 aromatic rings. The minimum atomic E-state index is -0.530. The maximum atomic E-state index is 12.0. The van der Waals surface area contributed by atoms with Crippen molar-refractivity contribution < 1.29 is 19.1 Å². The number of benzene rings is 1. The first-order valence-electron chi connectivity index (χ1n) is 9.61. The molecule has 1 aliphatic rings. The van der Waals surface area contributed by atoms with E-state index < -0.39 is 5.97 Å². The van der Waals surface area contributed by atoms with E-state index in [0.29, 0.717) is 5.75 Å². The van der Waals surface area contributed by atoms with Crippen LogP contribution >= 0.6 is 0 Å². The predicted molar refractivity (Wildman–Crippen MR) is 101 cm³/mol. The molecule has 1 amide bonds. The van der Waals surface area contributed by atoms with E-state index in [1.165, 1.54) is 19.3 Å². The summed E-state index contributed by atoms with van der Waals surface area (Å²) in [6.45, 7) is 5.48. The van der Waals surface area contributed by atoms with E-state index in [9.17, 15) is 9.59 Å². The highest BCUT2D eigenvalue weighted by molar-refractivity contribution is 5.81. The molecule has 0 aromatic heterocycles. The minimum absolute atomic E-state index is 0.193.